The van der Waals surface area contributed by atoms with E-state index in [9.17, 15) is 4.79 Å². The molecule has 0 spiro atoms. The van der Waals surface area contributed by atoms with E-state index in [0.29, 0.717) is 40.0 Å². The van der Waals surface area contributed by atoms with Gasteiger partial charge in [-0.2, -0.15) is 0 Å². The summed E-state index contributed by atoms with van der Waals surface area (Å²) in [6.07, 6.45) is 1.55. The highest BCUT2D eigenvalue weighted by atomic mass is 35.5. The molecule has 1 aliphatic rings. The lowest BCUT2D eigenvalue weighted by atomic mass is 10.1. The normalized spacial score (nSPS) is 14.8. The Balaban J connectivity index is 1.93. The fourth-order valence-electron chi connectivity index (χ4n) is 2.71. The number of methoxy groups -OCH3 is 1. The lowest BCUT2D eigenvalue weighted by molar-refractivity contribution is -0.129. The van der Waals surface area contributed by atoms with E-state index in [0.717, 1.165) is 0 Å². The molecule has 0 fully saturated rings. The van der Waals surface area contributed by atoms with Crippen LogP contribution in [0.3, 0.4) is 0 Å². The predicted molar refractivity (Wildman–Crippen MR) is 112 cm³/mol. The second-order valence-corrected chi connectivity index (χ2v) is 6.90. The molecule has 0 radical (unpaired) electrons. The van der Waals surface area contributed by atoms with Crippen LogP contribution < -0.4 is 14.2 Å². The van der Waals surface area contributed by atoms with E-state index >= 15 is 0 Å². The van der Waals surface area contributed by atoms with E-state index in [1.807, 2.05) is 20.8 Å². The molecule has 1 heterocycles. The van der Waals surface area contributed by atoms with E-state index in [4.69, 9.17) is 30.5 Å². The molecular formula is C22H22ClNO5. The van der Waals surface area contributed by atoms with Crippen LogP contribution in [-0.2, 0) is 9.53 Å². The van der Waals surface area contributed by atoms with Gasteiger partial charge in [0.25, 0.3) is 0 Å². The number of carbonyl (C=O) groups is 1. The number of hydrogen-bond donors (Lipinski definition) is 0. The zero-order valence-electron chi connectivity index (χ0n) is 16.7. The molecule has 0 bridgehead atoms. The van der Waals surface area contributed by atoms with E-state index in [1.54, 1.807) is 49.6 Å². The van der Waals surface area contributed by atoms with Crippen LogP contribution in [0.4, 0.5) is 0 Å². The molecule has 29 heavy (non-hydrogen) atoms. The summed E-state index contributed by atoms with van der Waals surface area (Å²) < 4.78 is 21.9. The molecule has 1 aliphatic heterocycles. The van der Waals surface area contributed by atoms with Gasteiger partial charge in [0, 0.05) is 5.56 Å². The molecule has 0 saturated heterocycles. The number of rotatable bonds is 7. The van der Waals surface area contributed by atoms with E-state index < -0.39 is 5.97 Å². The molecule has 3 rings (SSSR count). The van der Waals surface area contributed by atoms with Crippen LogP contribution in [-0.4, -0.2) is 31.7 Å². The summed E-state index contributed by atoms with van der Waals surface area (Å²) in [5.74, 6) is 1.39. The number of halogens is 1. The van der Waals surface area contributed by atoms with Crippen LogP contribution in [0.1, 0.15) is 31.9 Å². The number of nitrogens with zero attached hydrogens (tertiary/aromatic N) is 1. The molecule has 0 aromatic heterocycles. The van der Waals surface area contributed by atoms with Crippen LogP contribution in [0, 0.1) is 0 Å². The van der Waals surface area contributed by atoms with Gasteiger partial charge in [-0.15, -0.1) is 0 Å². The molecular weight excluding hydrogens is 394 g/mol. The first kappa shape index (κ1) is 20.7. The summed E-state index contributed by atoms with van der Waals surface area (Å²) in [5, 5.41) is 0.391. The third kappa shape index (κ3) is 4.90. The van der Waals surface area contributed by atoms with Crippen LogP contribution >= 0.6 is 11.6 Å². The number of carbonyl (C=O) groups excluding carboxylic acids is 1. The number of esters is 1. The second-order valence-electron chi connectivity index (χ2n) is 6.49. The van der Waals surface area contributed by atoms with Crippen molar-refractivity contribution in [2.45, 2.75) is 26.9 Å². The molecule has 0 N–H and O–H groups in total. The minimum atomic E-state index is -0.535. The summed E-state index contributed by atoms with van der Waals surface area (Å²) in [6.45, 7) is 6.14. The summed E-state index contributed by atoms with van der Waals surface area (Å²) in [4.78, 5) is 16.6. The first-order valence-corrected chi connectivity index (χ1v) is 9.59. The minimum Gasteiger partial charge on any atom is -0.497 e. The highest BCUT2D eigenvalue weighted by Crippen LogP contribution is 2.38. The molecule has 0 atom stereocenters. The van der Waals surface area contributed by atoms with Gasteiger partial charge in [0.2, 0.25) is 5.90 Å². The average Bonchev–Trinajstić information content (AvgIpc) is 3.05. The van der Waals surface area contributed by atoms with Gasteiger partial charge in [0.05, 0.1) is 24.8 Å². The van der Waals surface area contributed by atoms with Gasteiger partial charge in [0.15, 0.2) is 17.2 Å². The van der Waals surface area contributed by atoms with Gasteiger partial charge in [-0.1, -0.05) is 11.6 Å². The smallest absolute Gasteiger partial charge is 0.363 e. The third-order valence-corrected chi connectivity index (χ3v) is 4.23. The Morgan fingerprint density at radius 3 is 2.55 bits per heavy atom. The van der Waals surface area contributed by atoms with Crippen molar-refractivity contribution >= 4 is 29.5 Å². The van der Waals surface area contributed by atoms with Crippen molar-refractivity contribution in [3.8, 4) is 17.2 Å². The molecule has 2 aromatic carbocycles. The third-order valence-electron chi connectivity index (χ3n) is 3.95. The fraction of sp³-hybridized carbons (Fsp3) is 0.273. The van der Waals surface area contributed by atoms with Gasteiger partial charge in [-0.05, 0) is 68.8 Å². The first-order chi connectivity index (χ1) is 13.9. The maximum atomic E-state index is 12.3. The number of aliphatic imine (C=N–C) groups is 1. The average molecular weight is 416 g/mol. The van der Waals surface area contributed by atoms with Gasteiger partial charge < -0.3 is 18.9 Å². The van der Waals surface area contributed by atoms with Crippen molar-refractivity contribution in [1.82, 2.24) is 0 Å². The Morgan fingerprint density at radius 1 is 1.21 bits per heavy atom. The fourth-order valence-corrected chi connectivity index (χ4v) is 2.97. The Morgan fingerprint density at radius 2 is 1.93 bits per heavy atom. The SMILES string of the molecule is CCOc1cc(/C=C2/N=C(c3ccc(OC)cc3)OC2=O)cc(Cl)c1OC(C)C. The number of ether oxygens (including phenoxy) is 4. The van der Waals surface area contributed by atoms with Crippen LogP contribution in [0.25, 0.3) is 6.08 Å². The molecule has 6 nitrogen and oxygen atoms in total. The van der Waals surface area contributed by atoms with Crippen molar-refractivity contribution < 1.29 is 23.7 Å². The van der Waals surface area contributed by atoms with Gasteiger partial charge in [0.1, 0.15) is 5.75 Å². The number of cyclic esters (lactones) is 1. The molecule has 2 aromatic rings. The quantitative estimate of drug-likeness (QED) is 0.476. The number of hydrogen-bond acceptors (Lipinski definition) is 6. The molecule has 7 heteroatoms. The summed E-state index contributed by atoms with van der Waals surface area (Å²) in [5.41, 5.74) is 1.50. The van der Waals surface area contributed by atoms with Crippen molar-refractivity contribution in [2.75, 3.05) is 13.7 Å². The number of benzene rings is 2. The van der Waals surface area contributed by atoms with Crippen molar-refractivity contribution in [3.63, 3.8) is 0 Å². The largest absolute Gasteiger partial charge is 0.497 e. The first-order valence-electron chi connectivity index (χ1n) is 9.21. The molecule has 0 unspecified atom stereocenters. The van der Waals surface area contributed by atoms with E-state index in [2.05, 4.69) is 4.99 Å². The van der Waals surface area contributed by atoms with Crippen LogP contribution in [0.15, 0.2) is 47.1 Å². The maximum Gasteiger partial charge on any atom is 0.363 e. The lowest BCUT2D eigenvalue weighted by Crippen LogP contribution is -2.08. The van der Waals surface area contributed by atoms with Gasteiger partial charge in [-0.25, -0.2) is 9.79 Å². The van der Waals surface area contributed by atoms with Crippen LogP contribution in [0.2, 0.25) is 5.02 Å². The zero-order chi connectivity index (χ0) is 21.0. The van der Waals surface area contributed by atoms with Crippen LogP contribution in [0.5, 0.6) is 17.2 Å². The monoisotopic (exact) mass is 415 g/mol. The highest BCUT2D eigenvalue weighted by molar-refractivity contribution is 6.32. The Hall–Kier alpha value is -2.99. The lowest BCUT2D eigenvalue weighted by Gasteiger charge is -2.16. The molecule has 0 saturated carbocycles. The predicted octanol–water partition coefficient (Wildman–Crippen LogP) is 4.88. The molecule has 152 valence electrons. The molecule has 0 aliphatic carbocycles. The van der Waals surface area contributed by atoms with Crippen molar-refractivity contribution in [3.05, 3.63) is 58.2 Å². The van der Waals surface area contributed by atoms with Gasteiger partial charge >= 0.3 is 5.97 Å². The topological polar surface area (TPSA) is 66.3 Å². The standard InChI is InChI=1S/C22H22ClNO5/c1-5-27-19-12-14(10-17(23)20(19)28-13(2)3)11-18-22(25)29-21(24-18)15-6-8-16(26-4)9-7-15/h6-13H,5H2,1-4H3/b18-11+. The van der Waals surface area contributed by atoms with Crippen molar-refractivity contribution in [2.24, 2.45) is 4.99 Å². The van der Waals surface area contributed by atoms with E-state index in [1.165, 1.54) is 0 Å². The van der Waals surface area contributed by atoms with Gasteiger partial charge in [-0.3, -0.25) is 0 Å². The minimum absolute atomic E-state index is 0.0580. The van der Waals surface area contributed by atoms with Crippen molar-refractivity contribution in [1.29, 1.82) is 0 Å². The Bertz CT molecular complexity index is 964. The Kier molecular flexibility index (Phi) is 6.44. The highest BCUT2D eigenvalue weighted by Gasteiger charge is 2.24. The molecule has 0 amide bonds. The summed E-state index contributed by atoms with van der Waals surface area (Å²) >= 11 is 6.39. The second kappa shape index (κ2) is 9.01. The van der Waals surface area contributed by atoms with E-state index in [-0.39, 0.29) is 17.7 Å². The summed E-state index contributed by atoms with van der Waals surface area (Å²) in [6, 6.07) is 10.5. The Labute approximate surface area is 174 Å². The zero-order valence-corrected chi connectivity index (χ0v) is 17.4. The summed E-state index contributed by atoms with van der Waals surface area (Å²) in [7, 11) is 1.59. The maximum absolute atomic E-state index is 12.3.